The van der Waals surface area contributed by atoms with Gasteiger partial charge in [-0.1, -0.05) is 40.1 Å². The minimum absolute atomic E-state index is 0.188. The molecule has 0 radical (unpaired) electrons. The van der Waals surface area contributed by atoms with Crippen LogP contribution >= 0.6 is 0 Å². The summed E-state index contributed by atoms with van der Waals surface area (Å²) in [6, 6.07) is 10.6. The first-order valence-corrected chi connectivity index (χ1v) is 6.73. The molecule has 0 N–H and O–H groups in total. The average Bonchev–Trinajstić information content (AvgIpc) is 2.52. The number of alkyl halides is 3. The molecule has 23 heavy (non-hydrogen) atoms. The monoisotopic (exact) mass is 322 g/mol. The fourth-order valence-electron chi connectivity index (χ4n) is 2.50. The number of anilines is 1. The first-order chi connectivity index (χ1) is 10.9. The number of amides is 1. The van der Waals surface area contributed by atoms with Gasteiger partial charge in [-0.05, 0) is 11.6 Å². The molecule has 0 spiro atoms. The molecule has 1 atom stereocenters. The molecule has 1 unspecified atom stereocenters. The summed E-state index contributed by atoms with van der Waals surface area (Å²) in [5.41, 5.74) is 0.332. The van der Waals surface area contributed by atoms with Gasteiger partial charge in [-0.2, -0.15) is 18.1 Å². The van der Waals surface area contributed by atoms with E-state index in [-0.39, 0.29) is 5.82 Å². The van der Waals surface area contributed by atoms with Gasteiger partial charge in [0.25, 0.3) is 0 Å². The molecule has 0 saturated carbocycles. The zero-order chi connectivity index (χ0) is 16.6. The topological polar surface area (TPSA) is 54.2 Å². The molecule has 0 fully saturated rings. The van der Waals surface area contributed by atoms with Gasteiger partial charge >= 0.3 is 23.8 Å². The standard InChI is InChI=1S/C15H11F3N3O2/c16-15(17,18)9-20-11-7-4-8-19-21(11)14(23)12(13(20)22)10-5-2-1-3-6-10/h1-8,12H,9H2/q+1. The van der Waals surface area contributed by atoms with Crippen LogP contribution in [0.5, 0.6) is 0 Å². The van der Waals surface area contributed by atoms with E-state index in [1.165, 1.54) is 30.5 Å². The van der Waals surface area contributed by atoms with Gasteiger partial charge in [0, 0.05) is 6.07 Å². The lowest BCUT2D eigenvalue weighted by atomic mass is 9.95. The van der Waals surface area contributed by atoms with Crippen LogP contribution in [0.15, 0.2) is 48.7 Å². The maximum absolute atomic E-state index is 12.8. The van der Waals surface area contributed by atoms with Crippen LogP contribution in [-0.4, -0.2) is 29.6 Å². The third-order valence-electron chi connectivity index (χ3n) is 3.45. The summed E-state index contributed by atoms with van der Waals surface area (Å²) >= 11 is 0. The number of carbonyl (C=O) groups excluding carboxylic acids is 2. The van der Waals surface area contributed by atoms with Crippen LogP contribution in [0.3, 0.4) is 0 Å². The highest BCUT2D eigenvalue weighted by Crippen LogP contribution is 2.28. The third-order valence-corrected chi connectivity index (χ3v) is 3.45. The quantitative estimate of drug-likeness (QED) is 0.625. The Hall–Kier alpha value is -2.77. The smallest absolute Gasteiger partial charge is 0.245 e. The largest absolute Gasteiger partial charge is 0.426 e. The second kappa shape index (κ2) is 5.45. The normalized spacial score (nSPS) is 18.0. The summed E-state index contributed by atoms with van der Waals surface area (Å²) in [4.78, 5) is 25.6. The Labute approximate surface area is 129 Å². The van der Waals surface area contributed by atoms with Crippen molar-refractivity contribution in [3.63, 3.8) is 0 Å². The Morgan fingerprint density at radius 2 is 1.78 bits per heavy atom. The molecule has 0 saturated heterocycles. The van der Waals surface area contributed by atoms with Crippen LogP contribution < -0.4 is 9.58 Å². The van der Waals surface area contributed by atoms with Crippen molar-refractivity contribution in [1.29, 1.82) is 0 Å². The van der Waals surface area contributed by atoms with Gasteiger partial charge in [0.05, 0.1) is 6.20 Å². The van der Waals surface area contributed by atoms with Crippen molar-refractivity contribution < 1.29 is 27.4 Å². The predicted molar refractivity (Wildman–Crippen MR) is 72.6 cm³/mol. The second-order valence-corrected chi connectivity index (χ2v) is 5.02. The second-order valence-electron chi connectivity index (χ2n) is 5.02. The molecule has 1 aliphatic heterocycles. The summed E-state index contributed by atoms with van der Waals surface area (Å²) in [5, 5.41) is 3.80. The number of hydrogen-bond acceptors (Lipinski definition) is 3. The summed E-state index contributed by atoms with van der Waals surface area (Å²) < 4.78 is 39.3. The zero-order valence-electron chi connectivity index (χ0n) is 11.7. The van der Waals surface area contributed by atoms with Gasteiger partial charge in [0.15, 0.2) is 12.5 Å². The predicted octanol–water partition coefficient (Wildman–Crippen LogP) is 1.70. The third kappa shape index (κ3) is 2.79. The number of rotatable bonds is 2. The van der Waals surface area contributed by atoms with Crippen molar-refractivity contribution in [3.05, 3.63) is 54.2 Å². The van der Waals surface area contributed by atoms with Crippen molar-refractivity contribution in [3.8, 4) is 0 Å². The van der Waals surface area contributed by atoms with Crippen molar-refractivity contribution >= 4 is 17.6 Å². The minimum atomic E-state index is -4.59. The average molecular weight is 322 g/mol. The number of halogens is 3. The van der Waals surface area contributed by atoms with Gasteiger partial charge in [-0.15, -0.1) is 0 Å². The molecule has 1 amide bonds. The molecule has 1 aliphatic rings. The highest BCUT2D eigenvalue weighted by atomic mass is 19.4. The Bertz CT molecular complexity index is 762. The molecule has 118 valence electrons. The van der Waals surface area contributed by atoms with E-state index in [1.54, 1.807) is 18.2 Å². The molecule has 2 heterocycles. The summed E-state index contributed by atoms with van der Waals surface area (Å²) in [6.07, 6.45) is -3.31. The van der Waals surface area contributed by atoms with Crippen LogP contribution in [-0.2, 0) is 4.79 Å². The highest BCUT2D eigenvalue weighted by molar-refractivity contribution is 6.11. The van der Waals surface area contributed by atoms with Crippen LogP contribution in [0, 0.1) is 0 Å². The number of carbonyl (C=O) groups is 2. The molecule has 0 aliphatic carbocycles. The van der Waals surface area contributed by atoms with Crippen molar-refractivity contribution in [1.82, 2.24) is 5.10 Å². The number of hydrogen-bond donors (Lipinski definition) is 0. The molecule has 1 aromatic heterocycles. The first-order valence-electron chi connectivity index (χ1n) is 6.73. The van der Waals surface area contributed by atoms with Crippen LogP contribution in [0.4, 0.5) is 19.0 Å². The van der Waals surface area contributed by atoms with Crippen molar-refractivity contribution in [2.24, 2.45) is 0 Å². The van der Waals surface area contributed by atoms with E-state index in [4.69, 9.17) is 0 Å². The lowest BCUT2D eigenvalue weighted by Gasteiger charge is -2.25. The fourth-order valence-corrected chi connectivity index (χ4v) is 2.50. The number of fused-ring (bicyclic) bond motifs is 1. The van der Waals surface area contributed by atoms with Gasteiger partial charge in [0.2, 0.25) is 0 Å². The van der Waals surface area contributed by atoms with Crippen molar-refractivity contribution in [2.75, 3.05) is 11.4 Å². The Morgan fingerprint density at radius 3 is 2.43 bits per heavy atom. The van der Waals surface area contributed by atoms with Gasteiger partial charge in [0.1, 0.15) is 0 Å². The molecule has 1 aromatic carbocycles. The molecule has 0 bridgehead atoms. The van der Waals surface area contributed by atoms with Gasteiger partial charge < -0.3 is 0 Å². The summed E-state index contributed by atoms with van der Waals surface area (Å²) in [7, 11) is 0. The molecular weight excluding hydrogens is 311 g/mol. The molecule has 8 heteroatoms. The molecule has 2 aromatic rings. The number of nitrogens with zero attached hydrogens (tertiary/aromatic N) is 3. The molecule has 3 rings (SSSR count). The Balaban J connectivity index is 2.12. The van der Waals surface area contributed by atoms with E-state index >= 15 is 0 Å². The van der Waals surface area contributed by atoms with Crippen LogP contribution in [0.25, 0.3) is 0 Å². The highest BCUT2D eigenvalue weighted by Gasteiger charge is 2.52. The van der Waals surface area contributed by atoms with Gasteiger partial charge in [-0.3, -0.25) is 0 Å². The minimum Gasteiger partial charge on any atom is -0.245 e. The Morgan fingerprint density at radius 1 is 1.09 bits per heavy atom. The number of aromatic nitrogens is 2. The van der Waals surface area contributed by atoms with E-state index in [9.17, 15) is 22.8 Å². The maximum Gasteiger partial charge on any atom is 0.426 e. The zero-order valence-corrected chi connectivity index (χ0v) is 11.7. The van der Waals surface area contributed by atoms with E-state index < -0.39 is 30.5 Å². The number of benzene rings is 1. The maximum atomic E-state index is 12.8. The van der Waals surface area contributed by atoms with Crippen molar-refractivity contribution in [2.45, 2.75) is 12.1 Å². The lowest BCUT2D eigenvalue weighted by Crippen LogP contribution is -2.63. The van der Waals surface area contributed by atoms with Gasteiger partial charge in [-0.25, -0.2) is 9.59 Å². The summed E-state index contributed by atoms with van der Waals surface area (Å²) in [6.45, 7) is -1.48. The molecular formula is C15H11F3N3O2+. The van der Waals surface area contributed by atoms with E-state index in [1.807, 2.05) is 0 Å². The lowest BCUT2D eigenvalue weighted by molar-refractivity contribution is -0.627. The first kappa shape index (κ1) is 15.1. The van der Waals surface area contributed by atoms with E-state index in [2.05, 4.69) is 5.10 Å². The van der Waals surface area contributed by atoms with E-state index in [0.717, 1.165) is 4.68 Å². The fraction of sp³-hybridized carbons (Fsp3) is 0.200. The SMILES string of the molecule is O=C1C(c2ccccc2)C(=O)[n+]2ncccc2N1CC(F)(F)F. The summed E-state index contributed by atoms with van der Waals surface area (Å²) in [5.74, 6) is -3.11. The van der Waals surface area contributed by atoms with E-state index in [0.29, 0.717) is 10.5 Å². The van der Waals surface area contributed by atoms with Crippen LogP contribution in [0.1, 0.15) is 16.3 Å². The van der Waals surface area contributed by atoms with Crippen LogP contribution in [0.2, 0.25) is 0 Å². The Kier molecular flexibility index (Phi) is 3.59. The molecule has 5 nitrogen and oxygen atoms in total.